The number of amides is 1. The smallest absolute Gasteiger partial charge is 0.416 e. The molecule has 0 aliphatic carbocycles. The second kappa shape index (κ2) is 8.30. The van der Waals surface area contributed by atoms with Gasteiger partial charge in [0, 0.05) is 12.7 Å². The quantitative estimate of drug-likeness (QED) is 0.744. The third-order valence-corrected chi connectivity index (χ3v) is 3.79. The summed E-state index contributed by atoms with van der Waals surface area (Å²) in [5, 5.41) is 11.7. The fourth-order valence-corrected chi connectivity index (χ4v) is 2.34. The van der Waals surface area contributed by atoms with E-state index in [1.165, 1.54) is 50.4 Å². The first kappa shape index (κ1) is 21.2. The molecule has 1 unspecified atom stereocenters. The fourth-order valence-electron chi connectivity index (χ4n) is 2.34. The normalized spacial score (nSPS) is 13.5. The molecule has 0 fully saturated rings. The molecule has 0 radical (unpaired) electrons. The second-order valence-corrected chi connectivity index (χ2v) is 6.18. The summed E-state index contributed by atoms with van der Waals surface area (Å²) in [6.07, 6.45) is -4.51. The first-order valence-corrected chi connectivity index (χ1v) is 8.05. The Morgan fingerprint density at radius 2 is 1.68 bits per heavy atom. The summed E-state index contributed by atoms with van der Waals surface area (Å²) in [7, 11) is 1.30. The molecule has 2 aromatic carbocycles. The lowest BCUT2D eigenvalue weighted by molar-refractivity contribution is -0.146. The summed E-state index contributed by atoms with van der Waals surface area (Å²) in [6.45, 7) is 1.04. The van der Waals surface area contributed by atoms with Crippen LogP contribution in [0, 0.1) is 0 Å². The highest BCUT2D eigenvalue weighted by molar-refractivity contribution is 5.98. The lowest BCUT2D eigenvalue weighted by atomic mass is 10.0. The minimum Gasteiger partial charge on any atom is -0.479 e. The zero-order chi connectivity index (χ0) is 20.9. The maximum Gasteiger partial charge on any atom is 0.416 e. The van der Waals surface area contributed by atoms with Gasteiger partial charge >= 0.3 is 12.1 Å². The van der Waals surface area contributed by atoms with E-state index in [4.69, 9.17) is 9.47 Å². The molecule has 2 rings (SSSR count). The van der Waals surface area contributed by atoms with Crippen molar-refractivity contribution in [2.75, 3.05) is 13.7 Å². The molecule has 0 bridgehead atoms. The third kappa shape index (κ3) is 5.23. The van der Waals surface area contributed by atoms with Gasteiger partial charge in [0.1, 0.15) is 11.5 Å². The van der Waals surface area contributed by atoms with Gasteiger partial charge in [-0.15, -0.1) is 0 Å². The number of aliphatic carboxylic acids is 1. The van der Waals surface area contributed by atoms with Crippen LogP contribution in [0.15, 0.2) is 48.5 Å². The van der Waals surface area contributed by atoms with E-state index in [9.17, 15) is 27.9 Å². The average molecular weight is 397 g/mol. The highest BCUT2D eigenvalue weighted by Gasteiger charge is 2.35. The maximum atomic E-state index is 12.8. The van der Waals surface area contributed by atoms with E-state index in [-0.39, 0.29) is 23.7 Å². The van der Waals surface area contributed by atoms with Crippen molar-refractivity contribution in [1.82, 2.24) is 5.32 Å². The molecule has 1 atom stereocenters. The van der Waals surface area contributed by atoms with Crippen molar-refractivity contribution < 1.29 is 37.3 Å². The summed E-state index contributed by atoms with van der Waals surface area (Å²) in [4.78, 5) is 23.8. The van der Waals surface area contributed by atoms with Gasteiger partial charge in [0.05, 0.1) is 12.2 Å². The molecule has 9 heteroatoms. The zero-order valence-corrected chi connectivity index (χ0v) is 15.0. The lowest BCUT2D eigenvalue weighted by Gasteiger charge is -2.25. The van der Waals surface area contributed by atoms with Crippen molar-refractivity contribution in [1.29, 1.82) is 0 Å². The molecule has 2 N–H and O–H groups in total. The molecule has 6 nitrogen and oxygen atoms in total. The van der Waals surface area contributed by atoms with E-state index in [1.807, 2.05) is 0 Å². The first-order chi connectivity index (χ1) is 13.0. The molecule has 28 heavy (non-hydrogen) atoms. The number of carbonyl (C=O) groups excluding carboxylic acids is 1. The van der Waals surface area contributed by atoms with Crippen molar-refractivity contribution in [3.05, 3.63) is 59.7 Å². The number of nitrogens with one attached hydrogen (secondary N) is 1. The van der Waals surface area contributed by atoms with Crippen LogP contribution >= 0.6 is 0 Å². The molecule has 0 saturated heterocycles. The molecule has 0 aromatic heterocycles. The van der Waals surface area contributed by atoms with Crippen molar-refractivity contribution in [2.24, 2.45) is 0 Å². The highest BCUT2D eigenvalue weighted by Crippen LogP contribution is 2.32. The number of halogens is 3. The van der Waals surface area contributed by atoms with Gasteiger partial charge in [-0.1, -0.05) is 12.1 Å². The Morgan fingerprint density at radius 3 is 2.25 bits per heavy atom. The number of hydrogen-bond donors (Lipinski definition) is 2. The predicted molar refractivity (Wildman–Crippen MR) is 93.3 cm³/mol. The minimum absolute atomic E-state index is 0.0536. The third-order valence-electron chi connectivity index (χ3n) is 3.79. The number of alkyl halides is 3. The molecule has 0 spiro atoms. The van der Waals surface area contributed by atoms with Gasteiger partial charge in [-0.25, -0.2) is 4.79 Å². The Kier molecular flexibility index (Phi) is 6.30. The number of rotatable bonds is 7. The van der Waals surface area contributed by atoms with Gasteiger partial charge in [0.2, 0.25) is 0 Å². The van der Waals surface area contributed by atoms with Gasteiger partial charge in [-0.2, -0.15) is 13.2 Å². The summed E-state index contributed by atoms with van der Waals surface area (Å²) in [6, 6.07) is 9.95. The summed E-state index contributed by atoms with van der Waals surface area (Å²) in [5.74, 6) is -1.91. The minimum atomic E-state index is -4.51. The van der Waals surface area contributed by atoms with Crippen LogP contribution in [0.5, 0.6) is 11.5 Å². The van der Waals surface area contributed by atoms with Crippen LogP contribution in [0.25, 0.3) is 0 Å². The Morgan fingerprint density at radius 1 is 1.07 bits per heavy atom. The first-order valence-electron chi connectivity index (χ1n) is 8.05. The van der Waals surface area contributed by atoms with Gasteiger partial charge in [-0.3, -0.25) is 4.79 Å². The fraction of sp³-hybridized carbons (Fsp3) is 0.263. The van der Waals surface area contributed by atoms with E-state index in [0.717, 1.165) is 12.1 Å². The summed E-state index contributed by atoms with van der Waals surface area (Å²) < 4.78 is 48.6. The SMILES string of the molecule is COCC(C)(NC(=O)c1cccc(Oc2cccc(C(F)(F)F)c2)c1)C(=O)O. The van der Waals surface area contributed by atoms with E-state index < -0.39 is 29.2 Å². The Bertz CT molecular complexity index is 869. The second-order valence-electron chi connectivity index (χ2n) is 6.18. The van der Waals surface area contributed by atoms with Crippen LogP contribution in [0.3, 0.4) is 0 Å². The van der Waals surface area contributed by atoms with Crippen LogP contribution < -0.4 is 10.1 Å². The Balaban J connectivity index is 2.20. The van der Waals surface area contributed by atoms with Crippen molar-refractivity contribution >= 4 is 11.9 Å². The molecular weight excluding hydrogens is 379 g/mol. The monoisotopic (exact) mass is 397 g/mol. The topological polar surface area (TPSA) is 84.9 Å². The molecule has 2 aromatic rings. The number of hydrogen-bond acceptors (Lipinski definition) is 4. The van der Waals surface area contributed by atoms with Gasteiger partial charge in [0.15, 0.2) is 5.54 Å². The number of carboxylic acid groups (broad SMARTS) is 1. The van der Waals surface area contributed by atoms with Crippen LogP contribution in [-0.2, 0) is 15.7 Å². The zero-order valence-electron chi connectivity index (χ0n) is 15.0. The van der Waals surface area contributed by atoms with Crippen LogP contribution in [-0.4, -0.2) is 36.2 Å². The van der Waals surface area contributed by atoms with Crippen molar-refractivity contribution in [3.63, 3.8) is 0 Å². The lowest BCUT2D eigenvalue weighted by Crippen LogP contribution is -2.55. The number of carbonyl (C=O) groups is 2. The van der Waals surface area contributed by atoms with Crippen molar-refractivity contribution in [2.45, 2.75) is 18.6 Å². The molecule has 0 heterocycles. The molecule has 150 valence electrons. The van der Waals surface area contributed by atoms with Crippen LogP contribution in [0.2, 0.25) is 0 Å². The number of carboxylic acids is 1. The number of benzene rings is 2. The van der Waals surface area contributed by atoms with E-state index in [0.29, 0.717) is 0 Å². The standard InChI is InChI=1S/C19H18F3NO5/c1-18(11-27-2,17(25)26)23-16(24)12-5-3-7-14(9-12)28-15-8-4-6-13(10-15)19(20,21)22/h3-10H,11H2,1-2H3,(H,23,24)(H,25,26). The maximum absolute atomic E-state index is 12.8. The molecular formula is C19H18F3NO5. The largest absolute Gasteiger partial charge is 0.479 e. The summed E-state index contributed by atoms with van der Waals surface area (Å²) in [5.41, 5.74) is -2.44. The predicted octanol–water partition coefficient (Wildman–Crippen LogP) is 3.72. The van der Waals surface area contributed by atoms with Gasteiger partial charge < -0.3 is 19.9 Å². The van der Waals surface area contributed by atoms with E-state index in [2.05, 4.69) is 5.32 Å². The number of ether oxygens (including phenoxy) is 2. The van der Waals surface area contributed by atoms with Gasteiger partial charge in [0.25, 0.3) is 5.91 Å². The van der Waals surface area contributed by atoms with Crippen LogP contribution in [0.4, 0.5) is 13.2 Å². The number of methoxy groups -OCH3 is 1. The van der Waals surface area contributed by atoms with Crippen molar-refractivity contribution in [3.8, 4) is 11.5 Å². The highest BCUT2D eigenvalue weighted by atomic mass is 19.4. The Hall–Kier alpha value is -3.07. The molecule has 0 aliphatic rings. The molecule has 0 aliphatic heterocycles. The average Bonchev–Trinajstić information content (AvgIpc) is 2.61. The van der Waals surface area contributed by atoms with E-state index in [1.54, 1.807) is 0 Å². The van der Waals surface area contributed by atoms with E-state index >= 15 is 0 Å². The van der Waals surface area contributed by atoms with Crippen LogP contribution in [0.1, 0.15) is 22.8 Å². The molecule has 1 amide bonds. The Labute approximate surface area is 158 Å². The molecule has 0 saturated carbocycles. The van der Waals surface area contributed by atoms with Gasteiger partial charge in [-0.05, 0) is 43.3 Å². The summed E-state index contributed by atoms with van der Waals surface area (Å²) >= 11 is 0.